The van der Waals surface area contributed by atoms with Crippen molar-refractivity contribution >= 4 is 11.8 Å². The molecule has 0 aromatic rings. The quantitative estimate of drug-likeness (QED) is 0.845. The van der Waals surface area contributed by atoms with Gasteiger partial charge in [0.25, 0.3) is 0 Å². The van der Waals surface area contributed by atoms with Crippen LogP contribution in [0.25, 0.3) is 0 Å². The molecule has 0 aromatic heterocycles. The Kier molecular flexibility index (Phi) is 3.74. The van der Waals surface area contributed by atoms with Crippen LogP contribution in [0, 0.1) is 17.8 Å². The van der Waals surface area contributed by atoms with Gasteiger partial charge in [-0.3, -0.25) is 9.59 Å². The third-order valence-electron chi connectivity index (χ3n) is 5.72. The van der Waals surface area contributed by atoms with Crippen LogP contribution in [0.1, 0.15) is 59.3 Å². The van der Waals surface area contributed by atoms with E-state index >= 15 is 0 Å². The number of hydrogen-bond acceptors (Lipinski definition) is 2. The molecule has 0 aromatic carbocycles. The minimum atomic E-state index is -0.651. The van der Waals surface area contributed by atoms with E-state index in [4.69, 9.17) is 0 Å². The standard InChI is InChI=1S/C17H28N2O2/c1-11(2)14-15(20)18-17(3,13-7-8-13)16(21)19(14)10-9-12-5-4-6-12/h11-14H,4-10H2,1-3H3,(H,18,20). The molecule has 4 heteroatoms. The number of hydrogen-bond donors (Lipinski definition) is 1. The molecule has 1 heterocycles. The fourth-order valence-electron chi connectivity index (χ4n) is 3.89. The van der Waals surface area contributed by atoms with Crippen LogP contribution in [0.3, 0.4) is 0 Å². The molecule has 2 unspecified atom stereocenters. The van der Waals surface area contributed by atoms with Crippen LogP contribution >= 0.6 is 0 Å². The number of piperazine rings is 1. The predicted molar refractivity (Wildman–Crippen MR) is 81.6 cm³/mol. The Hall–Kier alpha value is -1.06. The fourth-order valence-corrected chi connectivity index (χ4v) is 3.89. The van der Waals surface area contributed by atoms with Crippen LogP contribution in [-0.4, -0.2) is 34.8 Å². The van der Waals surface area contributed by atoms with Gasteiger partial charge in [0.1, 0.15) is 11.6 Å². The zero-order valence-electron chi connectivity index (χ0n) is 13.5. The highest BCUT2D eigenvalue weighted by atomic mass is 16.2. The molecule has 1 aliphatic heterocycles. The van der Waals surface area contributed by atoms with Gasteiger partial charge in [-0.2, -0.15) is 0 Å². The average molecular weight is 292 g/mol. The Morgan fingerprint density at radius 3 is 2.38 bits per heavy atom. The summed E-state index contributed by atoms with van der Waals surface area (Å²) >= 11 is 0. The van der Waals surface area contributed by atoms with E-state index in [0.717, 1.165) is 31.7 Å². The second-order valence-corrected chi connectivity index (χ2v) is 7.74. The lowest BCUT2D eigenvalue weighted by atomic mass is 9.81. The van der Waals surface area contributed by atoms with Crippen molar-refractivity contribution in [1.29, 1.82) is 0 Å². The molecule has 2 aliphatic carbocycles. The van der Waals surface area contributed by atoms with E-state index in [1.807, 2.05) is 25.7 Å². The first-order valence-electron chi connectivity index (χ1n) is 8.56. The summed E-state index contributed by atoms with van der Waals surface area (Å²) in [5, 5.41) is 3.05. The summed E-state index contributed by atoms with van der Waals surface area (Å²) in [5.41, 5.74) is -0.651. The molecular formula is C17H28N2O2. The predicted octanol–water partition coefficient (Wildman–Crippen LogP) is 2.33. The van der Waals surface area contributed by atoms with Gasteiger partial charge >= 0.3 is 0 Å². The smallest absolute Gasteiger partial charge is 0.249 e. The number of nitrogens with one attached hydrogen (secondary N) is 1. The van der Waals surface area contributed by atoms with Gasteiger partial charge in [-0.1, -0.05) is 33.1 Å². The van der Waals surface area contributed by atoms with Crippen LogP contribution in [0.15, 0.2) is 0 Å². The highest BCUT2D eigenvalue weighted by Gasteiger charge is 2.55. The largest absolute Gasteiger partial charge is 0.340 e. The van der Waals surface area contributed by atoms with Crippen LogP contribution in [0.4, 0.5) is 0 Å². The molecule has 118 valence electrons. The summed E-state index contributed by atoms with van der Waals surface area (Å²) in [4.78, 5) is 27.5. The molecule has 0 radical (unpaired) electrons. The van der Waals surface area contributed by atoms with Crippen LogP contribution in [-0.2, 0) is 9.59 Å². The summed E-state index contributed by atoms with van der Waals surface area (Å²) in [5.74, 6) is 1.48. The second-order valence-electron chi connectivity index (χ2n) is 7.74. The van der Waals surface area contributed by atoms with E-state index in [1.165, 1.54) is 19.3 Å². The molecule has 4 nitrogen and oxygen atoms in total. The molecule has 3 aliphatic rings. The monoisotopic (exact) mass is 292 g/mol. The third-order valence-corrected chi connectivity index (χ3v) is 5.72. The topological polar surface area (TPSA) is 49.4 Å². The average Bonchev–Trinajstić information content (AvgIpc) is 3.16. The van der Waals surface area contributed by atoms with Gasteiger partial charge in [0, 0.05) is 6.54 Å². The summed E-state index contributed by atoms with van der Waals surface area (Å²) < 4.78 is 0. The maximum Gasteiger partial charge on any atom is 0.249 e. The number of rotatable bonds is 5. The maximum atomic E-state index is 13.0. The second kappa shape index (κ2) is 5.29. The van der Waals surface area contributed by atoms with E-state index in [1.54, 1.807) is 0 Å². The Morgan fingerprint density at radius 2 is 1.90 bits per heavy atom. The molecule has 0 spiro atoms. The zero-order valence-corrected chi connectivity index (χ0v) is 13.5. The molecule has 2 atom stereocenters. The van der Waals surface area contributed by atoms with Crippen molar-refractivity contribution in [1.82, 2.24) is 10.2 Å². The van der Waals surface area contributed by atoms with Gasteiger partial charge in [-0.05, 0) is 43.9 Å². The first-order chi connectivity index (χ1) is 9.93. The van der Waals surface area contributed by atoms with Crippen molar-refractivity contribution < 1.29 is 9.59 Å². The lowest BCUT2D eigenvalue weighted by molar-refractivity contribution is -0.157. The van der Waals surface area contributed by atoms with Crippen LogP contribution in [0.5, 0.6) is 0 Å². The molecular weight excluding hydrogens is 264 g/mol. The SMILES string of the molecule is CC(C)C1C(=O)NC(C)(C2CC2)C(=O)N1CCC1CCC1. The molecule has 2 amide bonds. The minimum Gasteiger partial charge on any atom is -0.340 e. The third kappa shape index (κ3) is 2.58. The fraction of sp³-hybridized carbons (Fsp3) is 0.882. The Bertz CT molecular complexity index is 440. The molecule has 1 saturated heterocycles. The van der Waals surface area contributed by atoms with Crippen molar-refractivity contribution in [3.05, 3.63) is 0 Å². The van der Waals surface area contributed by atoms with Gasteiger partial charge in [0.05, 0.1) is 0 Å². The minimum absolute atomic E-state index is 0.0487. The normalized spacial score (nSPS) is 34.1. The Balaban J connectivity index is 1.78. The van der Waals surface area contributed by atoms with Gasteiger partial charge in [0.15, 0.2) is 0 Å². The summed E-state index contributed by atoms with van der Waals surface area (Å²) in [7, 11) is 0. The van der Waals surface area contributed by atoms with Crippen molar-refractivity contribution in [2.45, 2.75) is 70.9 Å². The molecule has 0 bridgehead atoms. The van der Waals surface area contributed by atoms with Crippen LogP contribution in [0.2, 0.25) is 0 Å². The summed E-state index contributed by atoms with van der Waals surface area (Å²) in [6, 6.07) is -0.288. The summed E-state index contributed by atoms with van der Waals surface area (Å²) in [6.07, 6.45) is 7.09. The highest BCUT2D eigenvalue weighted by Crippen LogP contribution is 2.43. The number of carbonyl (C=O) groups excluding carboxylic acids is 2. The van der Waals surface area contributed by atoms with Crippen LogP contribution < -0.4 is 5.32 Å². The van der Waals surface area contributed by atoms with Crippen molar-refractivity contribution in [2.75, 3.05) is 6.54 Å². The van der Waals surface area contributed by atoms with E-state index in [9.17, 15) is 9.59 Å². The first kappa shape index (κ1) is 14.9. The van der Waals surface area contributed by atoms with E-state index in [2.05, 4.69) is 5.32 Å². The lowest BCUT2D eigenvalue weighted by Crippen LogP contribution is -2.71. The molecule has 21 heavy (non-hydrogen) atoms. The molecule has 3 rings (SSSR count). The van der Waals surface area contributed by atoms with Gasteiger partial charge in [0.2, 0.25) is 11.8 Å². The maximum absolute atomic E-state index is 13.0. The first-order valence-corrected chi connectivity index (χ1v) is 8.56. The molecule has 3 fully saturated rings. The van der Waals surface area contributed by atoms with Crippen molar-refractivity contribution in [2.24, 2.45) is 17.8 Å². The van der Waals surface area contributed by atoms with E-state index in [0.29, 0.717) is 5.92 Å². The molecule has 1 N–H and O–H groups in total. The van der Waals surface area contributed by atoms with E-state index in [-0.39, 0.29) is 23.8 Å². The lowest BCUT2D eigenvalue weighted by Gasteiger charge is -2.46. The van der Waals surface area contributed by atoms with Gasteiger partial charge in [-0.25, -0.2) is 0 Å². The van der Waals surface area contributed by atoms with E-state index < -0.39 is 5.54 Å². The van der Waals surface area contributed by atoms with Crippen molar-refractivity contribution in [3.8, 4) is 0 Å². The van der Waals surface area contributed by atoms with Crippen molar-refractivity contribution in [3.63, 3.8) is 0 Å². The van der Waals surface area contributed by atoms with Gasteiger partial charge in [-0.15, -0.1) is 0 Å². The number of carbonyl (C=O) groups is 2. The number of nitrogens with zero attached hydrogens (tertiary/aromatic N) is 1. The highest BCUT2D eigenvalue weighted by molar-refractivity contribution is 6.00. The zero-order chi connectivity index (χ0) is 15.2. The molecule has 2 saturated carbocycles. The summed E-state index contributed by atoms with van der Waals surface area (Å²) in [6.45, 7) is 6.75. The number of amides is 2. The Morgan fingerprint density at radius 1 is 1.24 bits per heavy atom. The Labute approximate surface area is 127 Å². The van der Waals surface area contributed by atoms with Gasteiger partial charge < -0.3 is 10.2 Å².